The number of halogens is 2. The van der Waals surface area contributed by atoms with Crippen molar-refractivity contribution in [3.05, 3.63) is 34.4 Å². The largest absolute Gasteiger partial charge is 0.355 e. The first-order valence-corrected chi connectivity index (χ1v) is 7.64. The molecule has 0 bridgehead atoms. The molecule has 1 aromatic carbocycles. The number of hydrogen-bond donors (Lipinski definition) is 1. The fourth-order valence-electron chi connectivity index (χ4n) is 2.38. The zero-order valence-electron chi connectivity index (χ0n) is 11.4. The lowest BCUT2D eigenvalue weighted by Gasteiger charge is -2.27. The lowest BCUT2D eigenvalue weighted by atomic mass is 10.1. The van der Waals surface area contributed by atoms with Gasteiger partial charge in [0.25, 0.3) is 0 Å². The van der Waals surface area contributed by atoms with Crippen LogP contribution in [-0.2, 0) is 0 Å². The van der Waals surface area contributed by atoms with Gasteiger partial charge in [0, 0.05) is 28.8 Å². The number of hydrogen-bond acceptors (Lipinski definition) is 5. The molecule has 3 rings (SSSR count). The Hall–Kier alpha value is -1.59. The second kappa shape index (κ2) is 6.45. The van der Waals surface area contributed by atoms with E-state index in [0.717, 1.165) is 24.6 Å². The second-order valence-corrected chi connectivity index (χ2v) is 5.84. The third-order valence-electron chi connectivity index (χ3n) is 3.34. The van der Waals surface area contributed by atoms with E-state index in [1.807, 2.05) is 0 Å². The van der Waals surface area contributed by atoms with Crippen LogP contribution in [0.15, 0.2) is 24.4 Å². The van der Waals surface area contributed by atoms with Crippen molar-refractivity contribution in [3.8, 4) is 0 Å². The summed E-state index contributed by atoms with van der Waals surface area (Å²) in [6, 6.07) is 5.21. The highest BCUT2D eigenvalue weighted by Gasteiger charge is 2.13. The summed E-state index contributed by atoms with van der Waals surface area (Å²) in [6.07, 6.45) is 5.36. The van der Waals surface area contributed by atoms with Gasteiger partial charge in [0.05, 0.1) is 6.20 Å². The van der Waals surface area contributed by atoms with Crippen molar-refractivity contribution >= 4 is 40.7 Å². The van der Waals surface area contributed by atoms with Crippen LogP contribution in [0.1, 0.15) is 19.3 Å². The molecule has 1 N–H and O–H groups in total. The molecule has 21 heavy (non-hydrogen) atoms. The summed E-state index contributed by atoms with van der Waals surface area (Å²) in [4.78, 5) is 6.74. The van der Waals surface area contributed by atoms with Crippen molar-refractivity contribution in [2.75, 3.05) is 23.3 Å². The van der Waals surface area contributed by atoms with Gasteiger partial charge >= 0.3 is 0 Å². The predicted molar refractivity (Wildman–Crippen MR) is 85.6 cm³/mol. The molecule has 0 atom stereocenters. The number of nitrogens with zero attached hydrogens (tertiary/aromatic N) is 4. The summed E-state index contributed by atoms with van der Waals surface area (Å²) in [6.45, 7) is 2.03. The van der Waals surface area contributed by atoms with Crippen molar-refractivity contribution in [1.29, 1.82) is 0 Å². The Balaban J connectivity index is 1.79. The van der Waals surface area contributed by atoms with Gasteiger partial charge in [0.2, 0.25) is 5.95 Å². The van der Waals surface area contributed by atoms with Crippen LogP contribution in [0.2, 0.25) is 10.0 Å². The smallest absolute Gasteiger partial charge is 0.249 e. The highest BCUT2D eigenvalue weighted by Crippen LogP contribution is 2.24. The molecule has 1 fully saturated rings. The van der Waals surface area contributed by atoms with Crippen LogP contribution < -0.4 is 10.2 Å². The summed E-state index contributed by atoms with van der Waals surface area (Å²) in [7, 11) is 0. The lowest BCUT2D eigenvalue weighted by molar-refractivity contribution is 0.572. The summed E-state index contributed by atoms with van der Waals surface area (Å²) in [5, 5.41) is 12.2. The SMILES string of the molecule is Clc1cc(Cl)cc(Nc2nncc(N3CCCCC3)n2)c1. The first kappa shape index (κ1) is 14.4. The minimum atomic E-state index is 0.441. The Labute approximate surface area is 133 Å². The second-order valence-electron chi connectivity index (χ2n) is 4.97. The Morgan fingerprint density at radius 2 is 1.71 bits per heavy atom. The van der Waals surface area contributed by atoms with Gasteiger partial charge in [0.1, 0.15) is 0 Å². The van der Waals surface area contributed by atoms with Gasteiger partial charge in [-0.3, -0.25) is 0 Å². The lowest BCUT2D eigenvalue weighted by Crippen LogP contribution is -2.30. The summed E-state index contributed by atoms with van der Waals surface area (Å²) in [5.74, 6) is 1.29. The monoisotopic (exact) mass is 323 g/mol. The summed E-state index contributed by atoms with van der Waals surface area (Å²) >= 11 is 12.0. The van der Waals surface area contributed by atoms with Crippen LogP contribution in [0, 0.1) is 0 Å². The molecule has 1 saturated heterocycles. The fraction of sp³-hybridized carbons (Fsp3) is 0.357. The maximum absolute atomic E-state index is 5.98. The highest BCUT2D eigenvalue weighted by atomic mass is 35.5. The minimum Gasteiger partial charge on any atom is -0.355 e. The molecule has 0 radical (unpaired) electrons. The van der Waals surface area contributed by atoms with Gasteiger partial charge in [-0.25, -0.2) is 0 Å². The molecule has 2 aromatic rings. The van der Waals surface area contributed by atoms with E-state index in [0.29, 0.717) is 16.0 Å². The van der Waals surface area contributed by atoms with Gasteiger partial charge in [-0.15, -0.1) is 5.10 Å². The standard InChI is InChI=1S/C14H15Cl2N5/c15-10-6-11(16)8-12(7-10)18-14-19-13(9-17-20-14)21-4-2-1-3-5-21/h6-9H,1-5H2,(H,18,19,20). The Morgan fingerprint density at radius 3 is 2.43 bits per heavy atom. The molecule has 110 valence electrons. The molecule has 0 amide bonds. The predicted octanol–water partition coefficient (Wildman–Crippen LogP) is 3.91. The maximum Gasteiger partial charge on any atom is 0.249 e. The quantitative estimate of drug-likeness (QED) is 0.927. The minimum absolute atomic E-state index is 0.441. The zero-order valence-corrected chi connectivity index (χ0v) is 12.9. The van der Waals surface area contributed by atoms with Crippen molar-refractivity contribution in [3.63, 3.8) is 0 Å². The van der Waals surface area contributed by atoms with Crippen molar-refractivity contribution < 1.29 is 0 Å². The van der Waals surface area contributed by atoms with Crippen LogP contribution in [0.25, 0.3) is 0 Å². The molecule has 1 aliphatic rings. The van der Waals surface area contributed by atoms with E-state index < -0.39 is 0 Å². The molecule has 1 aliphatic heterocycles. The topological polar surface area (TPSA) is 53.9 Å². The number of anilines is 3. The van der Waals surface area contributed by atoms with Gasteiger partial charge in [-0.05, 0) is 37.5 Å². The van der Waals surface area contributed by atoms with Crippen LogP contribution >= 0.6 is 23.2 Å². The van der Waals surface area contributed by atoms with Crippen molar-refractivity contribution in [2.45, 2.75) is 19.3 Å². The first-order valence-electron chi connectivity index (χ1n) is 6.88. The fourth-order valence-corrected chi connectivity index (χ4v) is 2.90. The average Bonchev–Trinajstić information content (AvgIpc) is 2.47. The third-order valence-corrected chi connectivity index (χ3v) is 3.78. The molecule has 0 spiro atoms. The van der Waals surface area contributed by atoms with E-state index in [-0.39, 0.29) is 0 Å². The molecule has 5 nitrogen and oxygen atoms in total. The Kier molecular flexibility index (Phi) is 4.41. The molecular formula is C14H15Cl2N5. The van der Waals surface area contributed by atoms with Gasteiger partial charge in [-0.1, -0.05) is 23.2 Å². The van der Waals surface area contributed by atoms with Gasteiger partial charge < -0.3 is 10.2 Å². The van der Waals surface area contributed by atoms with Crippen LogP contribution in [0.5, 0.6) is 0 Å². The van der Waals surface area contributed by atoms with Crippen LogP contribution in [0.3, 0.4) is 0 Å². The number of piperidine rings is 1. The van der Waals surface area contributed by atoms with E-state index in [2.05, 4.69) is 25.4 Å². The van der Waals surface area contributed by atoms with Gasteiger partial charge in [0.15, 0.2) is 5.82 Å². The number of aromatic nitrogens is 3. The Morgan fingerprint density at radius 1 is 1.00 bits per heavy atom. The van der Waals surface area contributed by atoms with Crippen LogP contribution in [0.4, 0.5) is 17.5 Å². The average molecular weight is 324 g/mol. The van der Waals surface area contributed by atoms with E-state index in [1.165, 1.54) is 19.3 Å². The van der Waals surface area contributed by atoms with Gasteiger partial charge in [-0.2, -0.15) is 10.1 Å². The number of benzene rings is 1. The Bertz CT molecular complexity index is 608. The van der Waals surface area contributed by atoms with E-state index in [4.69, 9.17) is 23.2 Å². The third kappa shape index (κ3) is 3.74. The molecular weight excluding hydrogens is 309 g/mol. The zero-order chi connectivity index (χ0) is 14.7. The molecule has 0 unspecified atom stereocenters. The van der Waals surface area contributed by atoms with Crippen molar-refractivity contribution in [2.24, 2.45) is 0 Å². The number of nitrogens with one attached hydrogen (secondary N) is 1. The first-order chi connectivity index (χ1) is 10.2. The van der Waals surface area contributed by atoms with E-state index >= 15 is 0 Å². The van der Waals surface area contributed by atoms with Crippen molar-refractivity contribution in [1.82, 2.24) is 15.2 Å². The molecule has 7 heteroatoms. The highest BCUT2D eigenvalue weighted by molar-refractivity contribution is 6.35. The molecule has 2 heterocycles. The molecule has 1 aromatic heterocycles. The maximum atomic E-state index is 5.98. The summed E-state index contributed by atoms with van der Waals surface area (Å²) in [5.41, 5.74) is 0.741. The van der Waals surface area contributed by atoms with Crippen LogP contribution in [-0.4, -0.2) is 28.3 Å². The van der Waals surface area contributed by atoms with E-state index in [9.17, 15) is 0 Å². The normalized spacial score (nSPS) is 15.0. The molecule has 0 saturated carbocycles. The molecule has 0 aliphatic carbocycles. The van der Waals surface area contributed by atoms with E-state index in [1.54, 1.807) is 24.4 Å². The summed E-state index contributed by atoms with van der Waals surface area (Å²) < 4.78 is 0. The number of rotatable bonds is 3.